The molecule has 0 aromatic heterocycles. The molecule has 2 aromatic rings. The monoisotopic (exact) mass is 269 g/mol. The Labute approximate surface area is 117 Å². The molecular formula is C16H15NO3. The lowest BCUT2D eigenvalue weighted by Gasteiger charge is -2.16. The van der Waals surface area contributed by atoms with Crippen LogP contribution < -0.4 is 9.47 Å². The van der Waals surface area contributed by atoms with E-state index >= 15 is 0 Å². The SMILES string of the molecule is COc1ccc(C(O)c2cccc(C#N)c2)c(OC)c1. The first-order valence-corrected chi connectivity index (χ1v) is 6.09. The third-order valence-electron chi connectivity index (χ3n) is 3.07. The largest absolute Gasteiger partial charge is 0.497 e. The van der Waals surface area contributed by atoms with E-state index in [0.29, 0.717) is 28.2 Å². The molecule has 0 amide bonds. The van der Waals surface area contributed by atoms with Crippen molar-refractivity contribution in [3.63, 3.8) is 0 Å². The van der Waals surface area contributed by atoms with Gasteiger partial charge in [-0.1, -0.05) is 12.1 Å². The zero-order valence-electron chi connectivity index (χ0n) is 11.3. The maximum Gasteiger partial charge on any atom is 0.128 e. The highest BCUT2D eigenvalue weighted by Gasteiger charge is 2.16. The van der Waals surface area contributed by atoms with E-state index in [9.17, 15) is 5.11 Å². The van der Waals surface area contributed by atoms with Gasteiger partial charge in [0.15, 0.2) is 0 Å². The second-order valence-electron chi connectivity index (χ2n) is 4.25. The summed E-state index contributed by atoms with van der Waals surface area (Å²) in [4.78, 5) is 0. The Bertz CT molecular complexity index is 646. The van der Waals surface area contributed by atoms with Crippen LogP contribution in [0.15, 0.2) is 42.5 Å². The van der Waals surface area contributed by atoms with Gasteiger partial charge < -0.3 is 14.6 Å². The van der Waals surface area contributed by atoms with Crippen molar-refractivity contribution < 1.29 is 14.6 Å². The average Bonchev–Trinajstić information content (AvgIpc) is 2.53. The normalized spacial score (nSPS) is 11.5. The van der Waals surface area contributed by atoms with E-state index in [0.717, 1.165) is 0 Å². The molecule has 0 bridgehead atoms. The molecule has 2 rings (SSSR count). The molecule has 1 N–H and O–H groups in total. The highest BCUT2D eigenvalue weighted by molar-refractivity contribution is 5.46. The smallest absolute Gasteiger partial charge is 0.128 e. The first kappa shape index (κ1) is 13.9. The molecule has 2 aromatic carbocycles. The molecule has 0 radical (unpaired) electrons. The van der Waals surface area contributed by atoms with Crippen molar-refractivity contribution in [1.29, 1.82) is 5.26 Å². The van der Waals surface area contributed by atoms with E-state index < -0.39 is 6.10 Å². The zero-order valence-corrected chi connectivity index (χ0v) is 11.3. The van der Waals surface area contributed by atoms with E-state index in [4.69, 9.17) is 14.7 Å². The maximum atomic E-state index is 10.5. The summed E-state index contributed by atoms with van der Waals surface area (Å²) in [6, 6.07) is 14.2. The average molecular weight is 269 g/mol. The van der Waals surface area contributed by atoms with Crippen LogP contribution in [-0.4, -0.2) is 19.3 Å². The quantitative estimate of drug-likeness (QED) is 0.926. The van der Waals surface area contributed by atoms with Gasteiger partial charge in [0, 0.05) is 11.6 Å². The van der Waals surface area contributed by atoms with Crippen LogP contribution in [-0.2, 0) is 0 Å². The number of aliphatic hydroxyl groups excluding tert-OH is 1. The third kappa shape index (κ3) is 2.73. The molecule has 0 spiro atoms. The van der Waals surface area contributed by atoms with Gasteiger partial charge in [-0.25, -0.2) is 0 Å². The van der Waals surface area contributed by atoms with Crippen LogP contribution in [0.3, 0.4) is 0 Å². The molecule has 0 heterocycles. The van der Waals surface area contributed by atoms with Crippen LogP contribution in [0.1, 0.15) is 22.8 Å². The summed E-state index contributed by atoms with van der Waals surface area (Å²) in [5.41, 5.74) is 1.78. The molecule has 0 aliphatic rings. The maximum absolute atomic E-state index is 10.5. The predicted molar refractivity (Wildman–Crippen MR) is 74.8 cm³/mol. The van der Waals surface area contributed by atoms with Gasteiger partial charge in [-0.05, 0) is 29.8 Å². The molecule has 1 unspecified atom stereocenters. The van der Waals surface area contributed by atoms with Gasteiger partial charge in [-0.2, -0.15) is 5.26 Å². The first-order valence-electron chi connectivity index (χ1n) is 6.09. The number of benzene rings is 2. The summed E-state index contributed by atoms with van der Waals surface area (Å²) in [5, 5.41) is 19.4. The lowest BCUT2D eigenvalue weighted by atomic mass is 9.99. The molecule has 0 aliphatic heterocycles. The minimum Gasteiger partial charge on any atom is -0.497 e. The van der Waals surface area contributed by atoms with Crippen molar-refractivity contribution in [2.75, 3.05) is 14.2 Å². The topological polar surface area (TPSA) is 62.5 Å². The highest BCUT2D eigenvalue weighted by atomic mass is 16.5. The van der Waals surface area contributed by atoms with Crippen LogP contribution in [0.4, 0.5) is 0 Å². The number of ether oxygens (including phenoxy) is 2. The molecule has 4 nitrogen and oxygen atoms in total. The number of aliphatic hydroxyl groups is 1. The Morgan fingerprint density at radius 1 is 1.10 bits per heavy atom. The zero-order chi connectivity index (χ0) is 14.5. The van der Waals surface area contributed by atoms with E-state index in [-0.39, 0.29) is 0 Å². The Morgan fingerprint density at radius 2 is 1.90 bits per heavy atom. The number of nitrogens with zero attached hydrogens (tertiary/aromatic N) is 1. The summed E-state index contributed by atoms with van der Waals surface area (Å²) in [6.07, 6.45) is -0.857. The van der Waals surface area contributed by atoms with E-state index in [1.807, 2.05) is 0 Å². The standard InChI is InChI=1S/C16H15NO3/c1-19-13-6-7-14(15(9-13)20-2)16(18)12-5-3-4-11(8-12)10-17/h3-9,16,18H,1-2H3. The van der Waals surface area contributed by atoms with Crippen LogP contribution in [0.5, 0.6) is 11.5 Å². The number of hydrogen-bond acceptors (Lipinski definition) is 4. The van der Waals surface area contributed by atoms with Crippen molar-refractivity contribution in [1.82, 2.24) is 0 Å². The summed E-state index contributed by atoms with van der Waals surface area (Å²) < 4.78 is 10.4. The second kappa shape index (κ2) is 6.09. The summed E-state index contributed by atoms with van der Waals surface area (Å²) in [5.74, 6) is 1.20. The van der Waals surface area contributed by atoms with Crippen LogP contribution in [0, 0.1) is 11.3 Å². The van der Waals surface area contributed by atoms with Gasteiger partial charge in [-0.3, -0.25) is 0 Å². The molecule has 102 valence electrons. The van der Waals surface area contributed by atoms with Gasteiger partial charge in [0.05, 0.1) is 25.9 Å². The fourth-order valence-corrected chi connectivity index (χ4v) is 2.00. The number of rotatable bonds is 4. The Hall–Kier alpha value is -2.51. The minimum atomic E-state index is -0.857. The summed E-state index contributed by atoms with van der Waals surface area (Å²) in [6.45, 7) is 0. The first-order chi connectivity index (χ1) is 9.69. The highest BCUT2D eigenvalue weighted by Crippen LogP contribution is 2.33. The third-order valence-corrected chi connectivity index (χ3v) is 3.07. The van der Waals surface area contributed by atoms with Crippen LogP contribution >= 0.6 is 0 Å². The van der Waals surface area contributed by atoms with E-state index in [1.54, 1.807) is 49.6 Å². The lowest BCUT2D eigenvalue weighted by molar-refractivity contribution is 0.214. The van der Waals surface area contributed by atoms with Gasteiger partial charge >= 0.3 is 0 Å². The van der Waals surface area contributed by atoms with Gasteiger partial charge in [0.25, 0.3) is 0 Å². The molecule has 0 saturated carbocycles. The van der Waals surface area contributed by atoms with Crippen molar-refractivity contribution in [2.45, 2.75) is 6.10 Å². The van der Waals surface area contributed by atoms with Gasteiger partial charge in [0.1, 0.15) is 17.6 Å². The molecule has 0 fully saturated rings. The molecule has 4 heteroatoms. The Morgan fingerprint density at radius 3 is 2.55 bits per heavy atom. The number of nitriles is 1. The number of hydrogen-bond donors (Lipinski definition) is 1. The van der Waals surface area contributed by atoms with Crippen molar-refractivity contribution in [3.05, 3.63) is 59.2 Å². The lowest BCUT2D eigenvalue weighted by Crippen LogP contribution is -2.03. The fraction of sp³-hybridized carbons (Fsp3) is 0.188. The number of methoxy groups -OCH3 is 2. The molecule has 20 heavy (non-hydrogen) atoms. The molecule has 0 saturated heterocycles. The van der Waals surface area contributed by atoms with Crippen molar-refractivity contribution in [3.8, 4) is 17.6 Å². The van der Waals surface area contributed by atoms with E-state index in [2.05, 4.69) is 6.07 Å². The Kier molecular flexibility index (Phi) is 4.24. The van der Waals surface area contributed by atoms with Crippen LogP contribution in [0.2, 0.25) is 0 Å². The van der Waals surface area contributed by atoms with Gasteiger partial charge in [-0.15, -0.1) is 0 Å². The predicted octanol–water partition coefficient (Wildman–Crippen LogP) is 2.66. The van der Waals surface area contributed by atoms with Crippen LogP contribution in [0.25, 0.3) is 0 Å². The molecule has 1 atom stereocenters. The van der Waals surface area contributed by atoms with Gasteiger partial charge in [0.2, 0.25) is 0 Å². The summed E-state index contributed by atoms with van der Waals surface area (Å²) >= 11 is 0. The van der Waals surface area contributed by atoms with E-state index in [1.165, 1.54) is 7.11 Å². The Balaban J connectivity index is 2.42. The van der Waals surface area contributed by atoms with Crippen molar-refractivity contribution >= 4 is 0 Å². The summed E-state index contributed by atoms with van der Waals surface area (Å²) in [7, 11) is 3.11. The molecule has 0 aliphatic carbocycles. The van der Waals surface area contributed by atoms with Crippen molar-refractivity contribution in [2.24, 2.45) is 0 Å². The fourth-order valence-electron chi connectivity index (χ4n) is 2.00. The second-order valence-corrected chi connectivity index (χ2v) is 4.25. The minimum absolute atomic E-state index is 0.508. The molecular weight excluding hydrogens is 254 g/mol.